The Labute approximate surface area is 107 Å². The van der Waals surface area contributed by atoms with Gasteiger partial charge in [-0.15, -0.1) is 0 Å². The lowest BCUT2D eigenvalue weighted by molar-refractivity contribution is 0.789. The van der Waals surface area contributed by atoms with Crippen LogP contribution in [0.15, 0.2) is 42.7 Å². The Morgan fingerprint density at radius 1 is 1.11 bits per heavy atom. The van der Waals surface area contributed by atoms with E-state index in [-0.39, 0.29) is 0 Å². The molecule has 0 aliphatic rings. The molecule has 4 nitrogen and oxygen atoms in total. The number of aromatic nitrogens is 2. The minimum atomic E-state index is 0.411. The SMILES string of the molecule is CCN(Cc1ccccc1)c1nccnc1CN. The first-order valence-corrected chi connectivity index (χ1v) is 6.14. The molecule has 0 spiro atoms. The van der Waals surface area contributed by atoms with Crippen LogP contribution in [0.2, 0.25) is 0 Å². The molecule has 0 radical (unpaired) electrons. The summed E-state index contributed by atoms with van der Waals surface area (Å²) in [6, 6.07) is 10.3. The number of rotatable bonds is 5. The topological polar surface area (TPSA) is 55.0 Å². The molecule has 0 amide bonds. The van der Waals surface area contributed by atoms with Crippen molar-refractivity contribution in [1.82, 2.24) is 9.97 Å². The Kier molecular flexibility index (Phi) is 4.25. The normalized spacial score (nSPS) is 10.3. The van der Waals surface area contributed by atoms with Crippen molar-refractivity contribution in [3.63, 3.8) is 0 Å². The first kappa shape index (κ1) is 12.5. The fourth-order valence-electron chi connectivity index (χ4n) is 1.91. The predicted molar refractivity (Wildman–Crippen MR) is 73.1 cm³/mol. The molecule has 0 saturated carbocycles. The maximum atomic E-state index is 5.71. The first-order chi connectivity index (χ1) is 8.85. The molecule has 2 rings (SSSR count). The summed E-state index contributed by atoms with van der Waals surface area (Å²) in [5.41, 5.74) is 7.81. The summed E-state index contributed by atoms with van der Waals surface area (Å²) in [7, 11) is 0. The molecule has 94 valence electrons. The molecule has 2 aromatic rings. The number of hydrogen-bond acceptors (Lipinski definition) is 4. The Morgan fingerprint density at radius 2 is 1.83 bits per heavy atom. The zero-order valence-corrected chi connectivity index (χ0v) is 10.6. The summed E-state index contributed by atoms with van der Waals surface area (Å²) in [5.74, 6) is 0.881. The Morgan fingerprint density at radius 3 is 2.50 bits per heavy atom. The molecule has 0 aliphatic carbocycles. The van der Waals surface area contributed by atoms with E-state index in [0.717, 1.165) is 24.6 Å². The Bertz CT molecular complexity index is 484. The van der Waals surface area contributed by atoms with Crippen molar-refractivity contribution in [3.8, 4) is 0 Å². The van der Waals surface area contributed by atoms with E-state index in [2.05, 4.69) is 33.9 Å². The maximum absolute atomic E-state index is 5.71. The van der Waals surface area contributed by atoms with Crippen LogP contribution in [0.1, 0.15) is 18.2 Å². The highest BCUT2D eigenvalue weighted by atomic mass is 15.2. The molecule has 0 bridgehead atoms. The van der Waals surface area contributed by atoms with Crippen molar-refractivity contribution < 1.29 is 0 Å². The second kappa shape index (κ2) is 6.12. The quantitative estimate of drug-likeness (QED) is 0.870. The highest BCUT2D eigenvalue weighted by Crippen LogP contribution is 2.17. The van der Waals surface area contributed by atoms with Gasteiger partial charge in [-0.2, -0.15) is 0 Å². The van der Waals surface area contributed by atoms with Gasteiger partial charge in [-0.3, -0.25) is 4.98 Å². The molecular weight excluding hydrogens is 224 g/mol. The van der Waals surface area contributed by atoms with Gasteiger partial charge in [0, 0.05) is 32.0 Å². The van der Waals surface area contributed by atoms with E-state index < -0.39 is 0 Å². The Hall–Kier alpha value is -1.94. The lowest BCUT2D eigenvalue weighted by Gasteiger charge is -2.23. The van der Waals surface area contributed by atoms with E-state index in [1.807, 2.05) is 18.2 Å². The zero-order valence-electron chi connectivity index (χ0n) is 10.6. The standard InChI is InChI=1S/C14H18N4/c1-2-18(11-12-6-4-3-5-7-12)14-13(10-15)16-8-9-17-14/h3-9H,2,10-11,15H2,1H3. The molecule has 18 heavy (non-hydrogen) atoms. The summed E-state index contributed by atoms with van der Waals surface area (Å²) in [6.07, 6.45) is 3.39. The van der Waals surface area contributed by atoms with E-state index in [1.165, 1.54) is 5.56 Å². The van der Waals surface area contributed by atoms with Crippen LogP contribution in [0.5, 0.6) is 0 Å². The molecule has 1 aromatic carbocycles. The number of nitrogens with two attached hydrogens (primary N) is 1. The van der Waals surface area contributed by atoms with Crippen molar-refractivity contribution in [2.75, 3.05) is 11.4 Å². The third kappa shape index (κ3) is 2.84. The fraction of sp³-hybridized carbons (Fsp3) is 0.286. The van der Waals surface area contributed by atoms with E-state index in [1.54, 1.807) is 12.4 Å². The van der Waals surface area contributed by atoms with Gasteiger partial charge in [-0.25, -0.2) is 4.98 Å². The zero-order chi connectivity index (χ0) is 12.8. The van der Waals surface area contributed by atoms with Gasteiger partial charge in [0.05, 0.1) is 5.69 Å². The molecule has 0 saturated heterocycles. The largest absolute Gasteiger partial charge is 0.351 e. The summed E-state index contributed by atoms with van der Waals surface area (Å²) < 4.78 is 0. The van der Waals surface area contributed by atoms with Gasteiger partial charge in [0.15, 0.2) is 5.82 Å². The maximum Gasteiger partial charge on any atom is 0.151 e. The molecule has 4 heteroatoms. The fourth-order valence-corrected chi connectivity index (χ4v) is 1.91. The molecule has 0 atom stereocenters. The van der Waals surface area contributed by atoms with Crippen LogP contribution in [0.3, 0.4) is 0 Å². The van der Waals surface area contributed by atoms with Gasteiger partial charge in [0.25, 0.3) is 0 Å². The molecular formula is C14H18N4. The number of benzene rings is 1. The van der Waals surface area contributed by atoms with Crippen LogP contribution in [-0.4, -0.2) is 16.5 Å². The van der Waals surface area contributed by atoms with Crippen molar-refractivity contribution in [3.05, 3.63) is 54.0 Å². The lowest BCUT2D eigenvalue weighted by Crippen LogP contribution is -2.25. The highest BCUT2D eigenvalue weighted by Gasteiger charge is 2.11. The summed E-state index contributed by atoms with van der Waals surface area (Å²) >= 11 is 0. The molecule has 1 heterocycles. The molecule has 0 aliphatic heterocycles. The second-order valence-corrected chi connectivity index (χ2v) is 4.03. The van der Waals surface area contributed by atoms with Gasteiger partial charge in [-0.1, -0.05) is 30.3 Å². The van der Waals surface area contributed by atoms with E-state index in [9.17, 15) is 0 Å². The smallest absolute Gasteiger partial charge is 0.151 e. The van der Waals surface area contributed by atoms with Gasteiger partial charge in [0.1, 0.15) is 0 Å². The van der Waals surface area contributed by atoms with E-state index >= 15 is 0 Å². The van der Waals surface area contributed by atoms with Gasteiger partial charge >= 0.3 is 0 Å². The molecule has 1 aromatic heterocycles. The Balaban J connectivity index is 2.23. The molecule has 2 N–H and O–H groups in total. The number of anilines is 1. The van der Waals surface area contributed by atoms with Gasteiger partial charge < -0.3 is 10.6 Å². The van der Waals surface area contributed by atoms with Crippen LogP contribution in [-0.2, 0) is 13.1 Å². The second-order valence-electron chi connectivity index (χ2n) is 4.03. The summed E-state index contributed by atoms with van der Waals surface area (Å²) in [4.78, 5) is 10.9. The monoisotopic (exact) mass is 242 g/mol. The van der Waals surface area contributed by atoms with Crippen LogP contribution in [0, 0.1) is 0 Å². The minimum Gasteiger partial charge on any atom is -0.351 e. The molecule has 0 fully saturated rings. The van der Waals surface area contributed by atoms with Crippen LogP contribution < -0.4 is 10.6 Å². The third-order valence-corrected chi connectivity index (χ3v) is 2.84. The van der Waals surface area contributed by atoms with Crippen molar-refractivity contribution in [1.29, 1.82) is 0 Å². The average molecular weight is 242 g/mol. The number of nitrogens with zero attached hydrogens (tertiary/aromatic N) is 3. The van der Waals surface area contributed by atoms with Crippen LogP contribution in [0.4, 0.5) is 5.82 Å². The van der Waals surface area contributed by atoms with Crippen molar-refractivity contribution in [2.45, 2.75) is 20.0 Å². The van der Waals surface area contributed by atoms with Crippen molar-refractivity contribution in [2.24, 2.45) is 5.73 Å². The minimum absolute atomic E-state index is 0.411. The van der Waals surface area contributed by atoms with Crippen molar-refractivity contribution >= 4 is 5.82 Å². The van der Waals surface area contributed by atoms with Gasteiger partial charge in [-0.05, 0) is 12.5 Å². The highest BCUT2D eigenvalue weighted by molar-refractivity contribution is 5.43. The first-order valence-electron chi connectivity index (χ1n) is 6.14. The average Bonchev–Trinajstić information content (AvgIpc) is 2.46. The van der Waals surface area contributed by atoms with Crippen LogP contribution >= 0.6 is 0 Å². The van der Waals surface area contributed by atoms with E-state index in [4.69, 9.17) is 5.73 Å². The summed E-state index contributed by atoms with van der Waals surface area (Å²) in [6.45, 7) is 4.22. The molecule has 0 unspecified atom stereocenters. The predicted octanol–water partition coefficient (Wildman–Crippen LogP) is 1.96. The van der Waals surface area contributed by atoms with Crippen LogP contribution in [0.25, 0.3) is 0 Å². The van der Waals surface area contributed by atoms with Gasteiger partial charge in [0.2, 0.25) is 0 Å². The lowest BCUT2D eigenvalue weighted by atomic mass is 10.2. The van der Waals surface area contributed by atoms with E-state index in [0.29, 0.717) is 6.54 Å². The number of hydrogen-bond donors (Lipinski definition) is 1. The summed E-state index contributed by atoms with van der Waals surface area (Å²) in [5, 5.41) is 0. The third-order valence-electron chi connectivity index (χ3n) is 2.84.